The number of aromatic nitrogens is 1. The molecule has 2 amide bonds. The van der Waals surface area contributed by atoms with E-state index in [1.165, 1.54) is 0 Å². The maximum absolute atomic E-state index is 12.5. The highest BCUT2D eigenvalue weighted by atomic mass is 16.2. The van der Waals surface area contributed by atoms with Gasteiger partial charge in [-0.25, -0.2) is 0 Å². The number of nitrogens with zero attached hydrogens (tertiary/aromatic N) is 1. The van der Waals surface area contributed by atoms with Crippen molar-refractivity contribution in [1.82, 2.24) is 10.3 Å². The molecule has 1 aromatic heterocycles. The maximum atomic E-state index is 12.5. The van der Waals surface area contributed by atoms with Crippen molar-refractivity contribution in [2.45, 2.75) is 40.7 Å². The van der Waals surface area contributed by atoms with Gasteiger partial charge < -0.3 is 10.6 Å². The average molecular weight is 389 g/mol. The van der Waals surface area contributed by atoms with Crippen molar-refractivity contribution in [3.05, 3.63) is 70.9 Å². The molecule has 0 atom stereocenters. The number of amides is 2. The van der Waals surface area contributed by atoms with Crippen molar-refractivity contribution in [3.8, 4) is 0 Å². The second kappa shape index (κ2) is 8.86. The van der Waals surface area contributed by atoms with Crippen LogP contribution < -0.4 is 10.6 Å². The Labute approximate surface area is 171 Å². The quantitative estimate of drug-likeness (QED) is 0.660. The Morgan fingerprint density at radius 1 is 1.00 bits per heavy atom. The van der Waals surface area contributed by atoms with E-state index >= 15 is 0 Å². The number of aryl methyl sites for hydroxylation is 2. The fourth-order valence-electron chi connectivity index (χ4n) is 3.25. The summed E-state index contributed by atoms with van der Waals surface area (Å²) < 4.78 is 0. The summed E-state index contributed by atoms with van der Waals surface area (Å²) in [6.45, 7) is 8.15. The van der Waals surface area contributed by atoms with Crippen LogP contribution in [0.3, 0.4) is 0 Å². The number of anilines is 1. The summed E-state index contributed by atoms with van der Waals surface area (Å²) >= 11 is 0. The summed E-state index contributed by atoms with van der Waals surface area (Å²) in [6.07, 6.45) is 0.304. The molecule has 0 aliphatic heterocycles. The molecule has 0 aliphatic carbocycles. The van der Waals surface area contributed by atoms with Crippen LogP contribution in [-0.2, 0) is 22.6 Å². The van der Waals surface area contributed by atoms with Crippen molar-refractivity contribution in [3.63, 3.8) is 0 Å². The molecule has 2 N–H and O–H groups in total. The highest BCUT2D eigenvalue weighted by Gasteiger charge is 2.13. The summed E-state index contributed by atoms with van der Waals surface area (Å²) in [5.74, 6) is -0.114. The average Bonchev–Trinajstić information content (AvgIpc) is 2.70. The molecule has 0 spiro atoms. The van der Waals surface area contributed by atoms with E-state index in [4.69, 9.17) is 0 Å². The number of rotatable bonds is 6. The molecule has 0 saturated heterocycles. The van der Waals surface area contributed by atoms with Gasteiger partial charge in [-0.3, -0.25) is 14.6 Å². The van der Waals surface area contributed by atoms with Crippen molar-refractivity contribution < 1.29 is 9.59 Å². The molecule has 0 radical (unpaired) electrons. The van der Waals surface area contributed by atoms with E-state index in [1.807, 2.05) is 76.2 Å². The molecule has 0 aliphatic rings. The Balaban J connectivity index is 1.62. The SMILES string of the molecule is Cc1nc2ccccc2c(C)c1CC(=O)NCc1ccc(NC(=O)C(C)C)cc1. The first-order chi connectivity index (χ1) is 13.8. The summed E-state index contributed by atoms with van der Waals surface area (Å²) in [5, 5.41) is 6.92. The third kappa shape index (κ3) is 4.99. The number of para-hydroxylation sites is 1. The first-order valence-electron chi connectivity index (χ1n) is 9.86. The monoisotopic (exact) mass is 389 g/mol. The lowest BCUT2D eigenvalue weighted by molar-refractivity contribution is -0.120. The van der Waals surface area contributed by atoms with Crippen LogP contribution in [-0.4, -0.2) is 16.8 Å². The zero-order chi connectivity index (χ0) is 21.0. The van der Waals surface area contributed by atoms with Gasteiger partial charge in [0, 0.05) is 29.2 Å². The van der Waals surface area contributed by atoms with Crippen LogP contribution in [0.1, 0.15) is 36.2 Å². The van der Waals surface area contributed by atoms with Gasteiger partial charge in [0.1, 0.15) is 0 Å². The third-order valence-electron chi connectivity index (χ3n) is 5.06. The van der Waals surface area contributed by atoms with Crippen molar-refractivity contribution in [2.75, 3.05) is 5.32 Å². The fourth-order valence-corrected chi connectivity index (χ4v) is 3.25. The smallest absolute Gasteiger partial charge is 0.226 e. The van der Waals surface area contributed by atoms with Crippen LogP contribution >= 0.6 is 0 Å². The van der Waals surface area contributed by atoms with Gasteiger partial charge in [-0.2, -0.15) is 0 Å². The molecule has 5 nitrogen and oxygen atoms in total. The maximum Gasteiger partial charge on any atom is 0.226 e. The highest BCUT2D eigenvalue weighted by molar-refractivity contribution is 5.92. The highest BCUT2D eigenvalue weighted by Crippen LogP contribution is 2.23. The van der Waals surface area contributed by atoms with Gasteiger partial charge in [0.2, 0.25) is 11.8 Å². The van der Waals surface area contributed by atoms with Gasteiger partial charge in [-0.05, 0) is 48.7 Å². The van der Waals surface area contributed by atoms with E-state index in [0.29, 0.717) is 13.0 Å². The van der Waals surface area contributed by atoms with Gasteiger partial charge in [0.05, 0.1) is 11.9 Å². The zero-order valence-electron chi connectivity index (χ0n) is 17.4. The molecular formula is C24H27N3O2. The van der Waals surface area contributed by atoms with Crippen LogP contribution in [0.5, 0.6) is 0 Å². The molecule has 0 unspecified atom stereocenters. The molecule has 0 bridgehead atoms. The first-order valence-corrected chi connectivity index (χ1v) is 9.86. The van der Waals surface area contributed by atoms with Crippen LogP contribution in [0.2, 0.25) is 0 Å². The molecule has 29 heavy (non-hydrogen) atoms. The third-order valence-corrected chi connectivity index (χ3v) is 5.06. The van der Waals surface area contributed by atoms with E-state index in [0.717, 1.165) is 39.0 Å². The van der Waals surface area contributed by atoms with Gasteiger partial charge in [-0.15, -0.1) is 0 Å². The fraction of sp³-hybridized carbons (Fsp3) is 0.292. The summed E-state index contributed by atoms with van der Waals surface area (Å²) in [5.41, 5.74) is 5.66. The number of nitrogens with one attached hydrogen (secondary N) is 2. The van der Waals surface area contributed by atoms with E-state index in [-0.39, 0.29) is 17.7 Å². The first kappa shape index (κ1) is 20.5. The van der Waals surface area contributed by atoms with E-state index < -0.39 is 0 Å². The van der Waals surface area contributed by atoms with E-state index in [2.05, 4.69) is 15.6 Å². The second-order valence-electron chi connectivity index (χ2n) is 7.61. The van der Waals surface area contributed by atoms with E-state index in [1.54, 1.807) is 0 Å². The number of carbonyl (C=O) groups excluding carboxylic acids is 2. The van der Waals surface area contributed by atoms with Crippen molar-refractivity contribution >= 4 is 28.4 Å². The lowest BCUT2D eigenvalue weighted by Crippen LogP contribution is -2.25. The Bertz CT molecular complexity index is 1040. The van der Waals surface area contributed by atoms with Crippen molar-refractivity contribution in [2.24, 2.45) is 5.92 Å². The molecule has 2 aromatic carbocycles. The predicted octanol–water partition coefficient (Wildman–Crippen LogP) is 4.31. The Morgan fingerprint density at radius 3 is 2.38 bits per heavy atom. The number of hydrogen-bond donors (Lipinski definition) is 2. The Morgan fingerprint density at radius 2 is 1.69 bits per heavy atom. The molecule has 0 fully saturated rings. The largest absolute Gasteiger partial charge is 0.352 e. The van der Waals surface area contributed by atoms with Gasteiger partial charge in [-0.1, -0.05) is 44.2 Å². The summed E-state index contributed by atoms with van der Waals surface area (Å²) in [6, 6.07) is 15.5. The van der Waals surface area contributed by atoms with Gasteiger partial charge in [0.15, 0.2) is 0 Å². The topological polar surface area (TPSA) is 71.1 Å². The Kier molecular flexibility index (Phi) is 6.27. The minimum atomic E-state index is -0.0644. The van der Waals surface area contributed by atoms with E-state index in [9.17, 15) is 9.59 Å². The number of benzene rings is 2. The normalized spacial score (nSPS) is 10.9. The number of pyridine rings is 1. The second-order valence-corrected chi connectivity index (χ2v) is 7.61. The number of hydrogen-bond acceptors (Lipinski definition) is 3. The van der Waals surface area contributed by atoms with Crippen LogP contribution in [0.15, 0.2) is 48.5 Å². The van der Waals surface area contributed by atoms with Crippen LogP contribution in [0, 0.1) is 19.8 Å². The van der Waals surface area contributed by atoms with Crippen LogP contribution in [0.25, 0.3) is 10.9 Å². The lowest BCUT2D eigenvalue weighted by Gasteiger charge is -2.13. The molecule has 0 saturated carbocycles. The zero-order valence-corrected chi connectivity index (χ0v) is 17.4. The minimum absolute atomic E-state index is 0.0132. The lowest BCUT2D eigenvalue weighted by atomic mass is 9.99. The number of fused-ring (bicyclic) bond motifs is 1. The van der Waals surface area contributed by atoms with Gasteiger partial charge >= 0.3 is 0 Å². The molecular weight excluding hydrogens is 362 g/mol. The molecule has 1 heterocycles. The summed E-state index contributed by atoms with van der Waals surface area (Å²) in [7, 11) is 0. The van der Waals surface area contributed by atoms with Gasteiger partial charge in [0.25, 0.3) is 0 Å². The Hall–Kier alpha value is -3.21. The molecule has 150 valence electrons. The molecule has 3 aromatic rings. The number of carbonyl (C=O) groups is 2. The standard InChI is InChI=1S/C24H27N3O2/c1-15(2)24(29)27-19-11-9-18(10-12-19)14-25-23(28)13-21-16(3)20-7-5-6-8-22(20)26-17(21)4/h5-12,15H,13-14H2,1-4H3,(H,25,28)(H,27,29). The van der Waals surface area contributed by atoms with Crippen molar-refractivity contribution in [1.29, 1.82) is 0 Å². The van der Waals surface area contributed by atoms with Crippen LogP contribution in [0.4, 0.5) is 5.69 Å². The summed E-state index contributed by atoms with van der Waals surface area (Å²) in [4.78, 5) is 28.9. The molecule has 3 rings (SSSR count). The minimum Gasteiger partial charge on any atom is -0.352 e. The predicted molar refractivity (Wildman–Crippen MR) is 117 cm³/mol. The molecule has 5 heteroatoms.